The van der Waals surface area contributed by atoms with Crippen molar-refractivity contribution in [3.8, 4) is 0 Å². The molecule has 1 saturated heterocycles. The third-order valence-corrected chi connectivity index (χ3v) is 1.56. The van der Waals surface area contributed by atoms with E-state index >= 15 is 0 Å². The van der Waals surface area contributed by atoms with Gasteiger partial charge < -0.3 is 14.2 Å². The first-order valence-electron chi connectivity index (χ1n) is 6.22. The molecule has 80 valence electrons. The van der Waals surface area contributed by atoms with Gasteiger partial charge in [0.15, 0.2) is 0 Å². The molecule has 0 unspecified atom stereocenters. The molecule has 0 N–H and O–H groups in total. The van der Waals surface area contributed by atoms with Crippen LogP contribution in [0.15, 0.2) is 0 Å². The Labute approximate surface area is 87.9 Å². The minimum absolute atomic E-state index is 0.0948. The van der Waals surface area contributed by atoms with Gasteiger partial charge in [-0.25, -0.2) is 9.59 Å². The second kappa shape index (κ2) is 4.41. The van der Waals surface area contributed by atoms with Crippen molar-refractivity contribution in [2.45, 2.75) is 25.8 Å². The van der Waals surface area contributed by atoms with Crippen molar-refractivity contribution < 1.29 is 29.3 Å². The first kappa shape index (κ1) is 6.40. The second-order valence-electron chi connectivity index (χ2n) is 2.45. The number of carbonyl (C=O) groups is 2. The molecule has 0 spiro atoms. The Bertz CT molecular complexity index is 350. The Hall–Kier alpha value is -1.10. The van der Waals surface area contributed by atoms with Gasteiger partial charge in [0.25, 0.3) is 5.60 Å². The van der Waals surface area contributed by atoms with E-state index in [0.717, 1.165) is 0 Å². The van der Waals surface area contributed by atoms with Crippen LogP contribution in [0.3, 0.4) is 0 Å². The lowest BCUT2D eigenvalue weighted by Gasteiger charge is -2.36. The average Bonchev–Trinajstić information content (AvgIpc) is 2.25. The number of hydrogen-bond donors (Lipinski definition) is 0. The topological polar surface area (TPSA) is 61.8 Å². The molecule has 1 fully saturated rings. The van der Waals surface area contributed by atoms with Crippen molar-refractivity contribution in [3.63, 3.8) is 0 Å². The van der Waals surface area contributed by atoms with Crippen LogP contribution in [0, 0.1) is 0 Å². The van der Waals surface area contributed by atoms with E-state index < -0.39 is 30.5 Å². The molecule has 0 saturated carbocycles. The Morgan fingerprint density at radius 2 is 1.86 bits per heavy atom. The highest BCUT2D eigenvalue weighted by Gasteiger charge is 2.55. The number of esters is 2. The summed E-state index contributed by atoms with van der Waals surface area (Å²) in [5.74, 6) is -2.58. The lowest BCUT2D eigenvalue weighted by molar-refractivity contribution is -0.214. The maximum Gasteiger partial charge on any atom is 0.350 e. The molecule has 0 aromatic rings. The molecule has 1 heterocycles. The zero-order valence-corrected chi connectivity index (χ0v) is 7.96. The Kier molecular flexibility index (Phi) is 2.02. The number of carbonyl (C=O) groups excluding carboxylic acids is 2. The first-order valence-corrected chi connectivity index (χ1v) is 4.22. The largest absolute Gasteiger partial charge is 0.463 e. The molecule has 14 heavy (non-hydrogen) atoms. The van der Waals surface area contributed by atoms with Crippen molar-refractivity contribution in [1.82, 2.24) is 0 Å². The van der Waals surface area contributed by atoms with Gasteiger partial charge in [-0.2, -0.15) is 0 Å². The summed E-state index contributed by atoms with van der Waals surface area (Å²) in [5, 5.41) is 0. The number of ether oxygens (including phenoxy) is 3. The molecule has 0 radical (unpaired) electrons. The fraction of sp³-hybridized carbons (Fsp3) is 0.778. The van der Waals surface area contributed by atoms with E-state index in [2.05, 4.69) is 14.2 Å². The van der Waals surface area contributed by atoms with Crippen LogP contribution in [0.5, 0.6) is 0 Å². The molecule has 0 amide bonds. The smallest absolute Gasteiger partial charge is 0.350 e. The SMILES string of the molecule is [2H]C1([2H])OC(C(=O)OCC)(C(=O)OCC)C1([2H])[2H]. The maximum atomic E-state index is 11.7. The summed E-state index contributed by atoms with van der Waals surface area (Å²) in [6.07, 6.45) is -2.86. The monoisotopic (exact) mass is 206 g/mol. The third kappa shape index (κ3) is 1.72. The van der Waals surface area contributed by atoms with Crippen molar-refractivity contribution in [2.75, 3.05) is 19.8 Å². The van der Waals surface area contributed by atoms with E-state index in [9.17, 15) is 9.59 Å². The second-order valence-corrected chi connectivity index (χ2v) is 2.45. The van der Waals surface area contributed by atoms with Gasteiger partial charge in [0.2, 0.25) is 0 Å². The summed E-state index contributed by atoms with van der Waals surface area (Å²) in [6, 6.07) is 0. The number of rotatable bonds is 4. The summed E-state index contributed by atoms with van der Waals surface area (Å²) < 4.78 is 43.3. The molecule has 1 rings (SSSR count). The van der Waals surface area contributed by atoms with Gasteiger partial charge in [-0.15, -0.1) is 0 Å². The molecule has 0 aromatic heterocycles. The van der Waals surface area contributed by atoms with Crippen molar-refractivity contribution in [3.05, 3.63) is 0 Å². The standard InChI is InChI=1S/C9H14O5/c1-3-12-7(10)9(5-6-14-9)8(11)13-4-2/h3-6H2,1-2H3/i5D2,6D2. The van der Waals surface area contributed by atoms with Crippen LogP contribution in [0.4, 0.5) is 0 Å². The predicted octanol–water partition coefficient (Wildman–Crippen LogP) is 0.272. The number of hydrogen-bond acceptors (Lipinski definition) is 5. The van der Waals surface area contributed by atoms with Crippen LogP contribution in [0.25, 0.3) is 0 Å². The highest BCUT2D eigenvalue weighted by molar-refractivity contribution is 6.04. The average molecular weight is 206 g/mol. The molecule has 5 heteroatoms. The molecule has 1 aliphatic heterocycles. The molecule has 1 aliphatic rings. The van der Waals surface area contributed by atoms with E-state index in [0.29, 0.717) is 0 Å². The molecular weight excluding hydrogens is 188 g/mol. The highest BCUT2D eigenvalue weighted by atomic mass is 16.6. The highest BCUT2D eigenvalue weighted by Crippen LogP contribution is 2.29. The molecule has 0 bridgehead atoms. The summed E-state index contributed by atoms with van der Waals surface area (Å²) >= 11 is 0. The summed E-state index contributed by atoms with van der Waals surface area (Å²) in [7, 11) is 0. The molecule has 0 aromatic carbocycles. The van der Waals surface area contributed by atoms with E-state index in [4.69, 9.17) is 5.48 Å². The Morgan fingerprint density at radius 3 is 2.14 bits per heavy atom. The molecule has 0 atom stereocenters. The zero-order valence-electron chi connectivity index (χ0n) is 12.0. The predicted molar refractivity (Wildman–Crippen MR) is 46.6 cm³/mol. The van der Waals surface area contributed by atoms with E-state index in [1.54, 1.807) is 0 Å². The van der Waals surface area contributed by atoms with Gasteiger partial charge in [0, 0.05) is 9.11 Å². The summed E-state index contributed by atoms with van der Waals surface area (Å²) in [4.78, 5) is 23.4. The van der Waals surface area contributed by atoms with Gasteiger partial charge in [0.1, 0.15) is 0 Å². The van der Waals surface area contributed by atoms with Crippen LogP contribution in [0.2, 0.25) is 0 Å². The van der Waals surface area contributed by atoms with Gasteiger partial charge >= 0.3 is 11.9 Å². The van der Waals surface area contributed by atoms with Crippen molar-refractivity contribution in [1.29, 1.82) is 0 Å². The molecule has 5 nitrogen and oxygen atoms in total. The van der Waals surface area contributed by atoms with Crippen LogP contribution in [0.1, 0.15) is 25.7 Å². The van der Waals surface area contributed by atoms with E-state index in [-0.39, 0.29) is 13.2 Å². The van der Waals surface area contributed by atoms with Crippen molar-refractivity contribution in [2.24, 2.45) is 0 Å². The van der Waals surface area contributed by atoms with E-state index in [1.165, 1.54) is 13.8 Å². The van der Waals surface area contributed by atoms with E-state index in [1.807, 2.05) is 0 Å². The quantitative estimate of drug-likeness (QED) is 0.488. The van der Waals surface area contributed by atoms with Gasteiger partial charge in [-0.05, 0) is 13.8 Å². The Morgan fingerprint density at radius 1 is 1.36 bits per heavy atom. The normalized spacial score (nSPS) is 29.6. The van der Waals surface area contributed by atoms with Crippen LogP contribution >= 0.6 is 0 Å². The Balaban J connectivity index is 3.14. The maximum absolute atomic E-state index is 11.7. The summed E-state index contributed by atoms with van der Waals surface area (Å²) in [5.41, 5.74) is -2.69. The fourth-order valence-electron chi connectivity index (χ4n) is 0.887. The minimum atomic E-state index is -2.86. The van der Waals surface area contributed by atoms with Crippen LogP contribution < -0.4 is 0 Å². The molecule has 0 aliphatic carbocycles. The van der Waals surface area contributed by atoms with Gasteiger partial charge in [-0.1, -0.05) is 0 Å². The minimum Gasteiger partial charge on any atom is -0.463 e. The fourth-order valence-corrected chi connectivity index (χ4v) is 0.887. The lowest BCUT2D eigenvalue weighted by Crippen LogP contribution is -2.58. The first-order chi connectivity index (χ1) is 8.17. The summed E-state index contributed by atoms with van der Waals surface area (Å²) in [6.45, 7) is -0.00333. The zero-order chi connectivity index (χ0) is 14.2. The van der Waals surface area contributed by atoms with Gasteiger partial charge in [-0.3, -0.25) is 0 Å². The van der Waals surface area contributed by atoms with Crippen molar-refractivity contribution >= 4 is 11.9 Å². The third-order valence-electron chi connectivity index (χ3n) is 1.56. The molecular formula is C9H14O5. The van der Waals surface area contributed by atoms with Crippen LogP contribution in [-0.2, 0) is 23.8 Å². The van der Waals surface area contributed by atoms with Gasteiger partial charge in [0.05, 0.1) is 22.5 Å². The van der Waals surface area contributed by atoms with Crippen LogP contribution in [-0.4, -0.2) is 37.3 Å². The lowest BCUT2D eigenvalue weighted by atomic mass is 9.95.